The van der Waals surface area contributed by atoms with Gasteiger partial charge in [0.25, 0.3) is 0 Å². The van der Waals surface area contributed by atoms with E-state index in [1.807, 2.05) is 65.0 Å². The van der Waals surface area contributed by atoms with Gasteiger partial charge in [0.2, 0.25) is 0 Å². The van der Waals surface area contributed by atoms with Gasteiger partial charge in [-0.25, -0.2) is 9.78 Å². The van der Waals surface area contributed by atoms with Crippen LogP contribution in [-0.2, 0) is 15.4 Å². The predicted octanol–water partition coefficient (Wildman–Crippen LogP) is 3.81. The van der Waals surface area contributed by atoms with Crippen molar-refractivity contribution < 1.29 is 14.9 Å². The van der Waals surface area contributed by atoms with Crippen molar-refractivity contribution in [2.24, 2.45) is 0 Å². The Morgan fingerprint density at radius 1 is 0.952 bits per heavy atom. The van der Waals surface area contributed by atoms with E-state index >= 15 is 0 Å². The summed E-state index contributed by atoms with van der Waals surface area (Å²) in [5.41, 5.74) is -1.63. The van der Waals surface area contributed by atoms with Gasteiger partial charge in [-0.1, -0.05) is 49.1 Å². The molecular formula is C18H26O3. The lowest BCUT2D eigenvalue weighted by Crippen LogP contribution is -2.31. The average Bonchev–Trinajstić information content (AvgIpc) is 2.45. The Morgan fingerprint density at radius 3 is 2.05 bits per heavy atom. The van der Waals surface area contributed by atoms with Crippen molar-refractivity contribution in [2.45, 2.75) is 64.8 Å². The Hall–Kier alpha value is -1.34. The van der Waals surface area contributed by atoms with Crippen LogP contribution in [0.25, 0.3) is 0 Å². The van der Waals surface area contributed by atoms with Gasteiger partial charge in [0.05, 0.1) is 5.60 Å². The molecule has 0 unspecified atom stereocenters. The van der Waals surface area contributed by atoms with Gasteiger partial charge in [0, 0.05) is 0 Å². The Labute approximate surface area is 128 Å². The van der Waals surface area contributed by atoms with E-state index in [2.05, 4.69) is 11.8 Å². The number of rotatable bonds is 5. The van der Waals surface area contributed by atoms with Crippen LogP contribution in [0.4, 0.5) is 0 Å². The molecule has 0 aliphatic heterocycles. The van der Waals surface area contributed by atoms with Crippen LogP contribution in [0.2, 0.25) is 0 Å². The zero-order chi connectivity index (χ0) is 16.1. The van der Waals surface area contributed by atoms with Gasteiger partial charge in [-0.15, -0.1) is 0 Å². The summed E-state index contributed by atoms with van der Waals surface area (Å²) in [4.78, 5) is 10.9. The molecule has 21 heavy (non-hydrogen) atoms. The van der Waals surface area contributed by atoms with E-state index < -0.39 is 11.2 Å². The first-order chi connectivity index (χ1) is 9.58. The highest BCUT2D eigenvalue weighted by atomic mass is 17.2. The summed E-state index contributed by atoms with van der Waals surface area (Å²) in [7, 11) is 0. The van der Waals surface area contributed by atoms with Gasteiger partial charge in [-0.05, 0) is 46.6 Å². The molecule has 3 nitrogen and oxygen atoms in total. The normalized spacial score (nSPS) is 15.0. The lowest BCUT2D eigenvalue weighted by Gasteiger charge is -2.27. The fourth-order valence-electron chi connectivity index (χ4n) is 1.40. The quantitative estimate of drug-likeness (QED) is 0.509. The van der Waals surface area contributed by atoms with Crippen LogP contribution in [0.15, 0.2) is 30.3 Å². The summed E-state index contributed by atoms with van der Waals surface area (Å²) in [5.74, 6) is 5.82. The van der Waals surface area contributed by atoms with Gasteiger partial charge < -0.3 is 5.11 Å². The molecule has 0 amide bonds. The number of benzene rings is 1. The molecule has 116 valence electrons. The first kappa shape index (κ1) is 17.7. The van der Waals surface area contributed by atoms with Crippen LogP contribution in [0.5, 0.6) is 0 Å². The zero-order valence-electron chi connectivity index (χ0n) is 13.9. The van der Waals surface area contributed by atoms with Gasteiger partial charge in [-0.2, -0.15) is 0 Å². The van der Waals surface area contributed by atoms with E-state index in [9.17, 15) is 5.11 Å². The molecule has 0 fully saturated rings. The van der Waals surface area contributed by atoms with Crippen LogP contribution < -0.4 is 0 Å². The highest BCUT2D eigenvalue weighted by Crippen LogP contribution is 2.22. The van der Waals surface area contributed by atoms with E-state index in [0.29, 0.717) is 0 Å². The minimum atomic E-state index is -1.22. The molecule has 0 saturated carbocycles. The fourth-order valence-corrected chi connectivity index (χ4v) is 1.40. The second kappa shape index (κ2) is 6.62. The molecule has 1 N–H and O–H groups in total. The number of hydrogen-bond donors (Lipinski definition) is 1. The molecule has 0 saturated heterocycles. The summed E-state index contributed by atoms with van der Waals surface area (Å²) >= 11 is 0. The van der Waals surface area contributed by atoms with Crippen molar-refractivity contribution >= 4 is 0 Å². The topological polar surface area (TPSA) is 38.7 Å². The second-order valence-electron chi connectivity index (χ2n) is 6.48. The molecule has 1 atom stereocenters. The van der Waals surface area contributed by atoms with Gasteiger partial charge in [-0.3, -0.25) is 0 Å². The average molecular weight is 290 g/mol. The van der Waals surface area contributed by atoms with Crippen LogP contribution in [0.3, 0.4) is 0 Å². The second-order valence-corrected chi connectivity index (χ2v) is 6.48. The third-order valence-electron chi connectivity index (χ3n) is 3.27. The Morgan fingerprint density at radius 2 is 1.52 bits per heavy atom. The van der Waals surface area contributed by atoms with Gasteiger partial charge in [0.15, 0.2) is 5.60 Å². The zero-order valence-corrected chi connectivity index (χ0v) is 13.9. The van der Waals surface area contributed by atoms with Crippen LogP contribution in [0.1, 0.15) is 53.5 Å². The number of hydrogen-bond acceptors (Lipinski definition) is 3. The lowest BCUT2D eigenvalue weighted by atomic mass is 9.95. The van der Waals surface area contributed by atoms with E-state index in [1.165, 1.54) is 0 Å². The lowest BCUT2D eigenvalue weighted by molar-refractivity contribution is -0.388. The Bertz CT molecular complexity index is 504. The fraction of sp³-hybridized carbons (Fsp3) is 0.556. The molecule has 1 aromatic carbocycles. The predicted molar refractivity (Wildman–Crippen MR) is 84.4 cm³/mol. The molecule has 0 bridgehead atoms. The summed E-state index contributed by atoms with van der Waals surface area (Å²) in [5, 5.41) is 10.5. The maximum absolute atomic E-state index is 10.5. The van der Waals surface area contributed by atoms with Crippen LogP contribution >= 0.6 is 0 Å². The first-order valence-electron chi connectivity index (χ1n) is 7.27. The molecule has 0 radical (unpaired) electrons. The molecule has 0 aromatic heterocycles. The molecule has 3 heteroatoms. The van der Waals surface area contributed by atoms with Crippen molar-refractivity contribution in [1.82, 2.24) is 0 Å². The summed E-state index contributed by atoms with van der Waals surface area (Å²) in [6.45, 7) is 11.2. The standard InChI is InChI=1S/C18H26O3/c1-7-16(2,3)20-21-17(4,5)13-14-18(6,19)15-11-9-8-10-12-15/h8-12,19H,7H2,1-6H3/t18-/m0/s1. The van der Waals surface area contributed by atoms with Crippen molar-refractivity contribution in [3.8, 4) is 11.8 Å². The van der Waals surface area contributed by atoms with Crippen molar-refractivity contribution in [1.29, 1.82) is 0 Å². The highest BCUT2D eigenvalue weighted by molar-refractivity contribution is 5.31. The van der Waals surface area contributed by atoms with E-state index in [4.69, 9.17) is 9.78 Å². The Balaban J connectivity index is 2.80. The third-order valence-corrected chi connectivity index (χ3v) is 3.27. The smallest absolute Gasteiger partial charge is 0.158 e. The molecule has 0 spiro atoms. The molecular weight excluding hydrogens is 264 g/mol. The van der Waals surface area contributed by atoms with Gasteiger partial charge >= 0.3 is 0 Å². The molecule has 1 aromatic rings. The third kappa shape index (κ3) is 5.89. The minimum Gasteiger partial charge on any atom is -0.374 e. The molecule has 0 heterocycles. The van der Waals surface area contributed by atoms with Crippen LogP contribution in [-0.4, -0.2) is 16.3 Å². The van der Waals surface area contributed by atoms with E-state index in [-0.39, 0.29) is 5.60 Å². The SMILES string of the molecule is CCC(C)(C)OOC(C)(C)C#C[C@](C)(O)c1ccccc1. The van der Waals surface area contributed by atoms with Crippen molar-refractivity contribution in [2.75, 3.05) is 0 Å². The minimum absolute atomic E-state index is 0.360. The van der Waals surface area contributed by atoms with Crippen molar-refractivity contribution in [3.63, 3.8) is 0 Å². The summed E-state index contributed by atoms with van der Waals surface area (Å²) < 4.78 is 0. The number of aliphatic hydroxyl groups is 1. The summed E-state index contributed by atoms with van der Waals surface area (Å²) in [6, 6.07) is 9.35. The maximum atomic E-state index is 10.5. The van der Waals surface area contributed by atoms with E-state index in [0.717, 1.165) is 12.0 Å². The molecule has 0 aliphatic rings. The van der Waals surface area contributed by atoms with Crippen LogP contribution in [0, 0.1) is 11.8 Å². The summed E-state index contributed by atoms with van der Waals surface area (Å²) in [6.07, 6.45) is 0.832. The largest absolute Gasteiger partial charge is 0.374 e. The van der Waals surface area contributed by atoms with Crippen molar-refractivity contribution in [3.05, 3.63) is 35.9 Å². The Kier molecular flexibility index (Phi) is 5.58. The maximum Gasteiger partial charge on any atom is 0.158 e. The van der Waals surface area contributed by atoms with Gasteiger partial charge in [0.1, 0.15) is 5.60 Å². The monoisotopic (exact) mass is 290 g/mol. The molecule has 1 rings (SSSR count). The van der Waals surface area contributed by atoms with E-state index in [1.54, 1.807) is 6.92 Å². The highest BCUT2D eigenvalue weighted by Gasteiger charge is 2.25. The first-order valence-corrected chi connectivity index (χ1v) is 7.27. The molecule has 0 aliphatic carbocycles.